The van der Waals surface area contributed by atoms with Crippen molar-refractivity contribution < 1.29 is 4.74 Å². The normalized spacial score (nSPS) is 11.3. The topological polar surface area (TPSA) is 27.1 Å². The number of ether oxygens (including phenoxy) is 1. The summed E-state index contributed by atoms with van der Waals surface area (Å²) in [7, 11) is 0. The summed E-state index contributed by atoms with van der Waals surface area (Å²) in [6.45, 7) is 6.90. The molecule has 0 aliphatic carbocycles. The second-order valence-electron chi connectivity index (χ2n) is 4.72. The van der Waals surface area contributed by atoms with E-state index < -0.39 is 0 Å². The molecule has 0 radical (unpaired) electrons. The van der Waals surface area contributed by atoms with Crippen molar-refractivity contribution in [3.05, 3.63) is 29.9 Å². The van der Waals surface area contributed by atoms with Crippen LogP contribution in [0.4, 0.5) is 0 Å². The minimum atomic E-state index is 0.708. The van der Waals surface area contributed by atoms with Crippen LogP contribution in [0.5, 0.6) is 0 Å². The van der Waals surface area contributed by atoms with E-state index in [2.05, 4.69) is 40.9 Å². The molecule has 0 saturated heterocycles. The molecule has 0 aromatic carbocycles. The van der Waals surface area contributed by atoms with Gasteiger partial charge in [0, 0.05) is 25.5 Å². The molecule has 0 spiro atoms. The van der Waals surface area contributed by atoms with Crippen LogP contribution in [0.1, 0.15) is 20.3 Å². The number of hydrogen-bond donors (Lipinski definition) is 0. The van der Waals surface area contributed by atoms with Crippen molar-refractivity contribution in [2.75, 3.05) is 13.2 Å². The van der Waals surface area contributed by atoms with E-state index in [0.717, 1.165) is 32.0 Å². The summed E-state index contributed by atoms with van der Waals surface area (Å²) < 4.78 is 7.80. The van der Waals surface area contributed by atoms with Gasteiger partial charge in [0.05, 0.1) is 11.5 Å². The van der Waals surface area contributed by atoms with E-state index in [-0.39, 0.29) is 0 Å². The molecule has 0 saturated carbocycles. The molecule has 98 valence electrons. The monoisotopic (exact) mass is 264 g/mol. The van der Waals surface area contributed by atoms with Gasteiger partial charge in [-0.1, -0.05) is 19.9 Å². The minimum absolute atomic E-state index is 0.708. The van der Waals surface area contributed by atoms with Crippen molar-refractivity contribution in [3.8, 4) is 10.7 Å². The third-order valence-corrected chi connectivity index (χ3v) is 3.64. The Morgan fingerprint density at radius 3 is 3.00 bits per heavy atom. The summed E-state index contributed by atoms with van der Waals surface area (Å²) in [5.74, 6) is 1.75. The Labute approximate surface area is 112 Å². The Bertz CT molecular complexity index is 448. The van der Waals surface area contributed by atoms with Crippen LogP contribution in [-0.4, -0.2) is 22.8 Å². The number of nitrogens with zero attached hydrogens (tertiary/aromatic N) is 2. The van der Waals surface area contributed by atoms with E-state index in [9.17, 15) is 0 Å². The minimum Gasteiger partial charge on any atom is -0.380 e. The quantitative estimate of drug-likeness (QED) is 0.713. The molecule has 0 atom stereocenters. The predicted molar refractivity (Wildman–Crippen MR) is 75.8 cm³/mol. The summed E-state index contributed by atoms with van der Waals surface area (Å²) in [6.07, 6.45) is 4.99. The smallest absolute Gasteiger partial charge is 0.150 e. The second-order valence-corrected chi connectivity index (χ2v) is 5.66. The van der Waals surface area contributed by atoms with E-state index in [1.165, 1.54) is 4.88 Å². The maximum Gasteiger partial charge on any atom is 0.150 e. The zero-order valence-electron chi connectivity index (χ0n) is 11.0. The third-order valence-electron chi connectivity index (χ3n) is 2.77. The first-order valence-corrected chi connectivity index (χ1v) is 7.28. The Kier molecular flexibility index (Phi) is 4.96. The van der Waals surface area contributed by atoms with Crippen molar-refractivity contribution in [2.24, 2.45) is 5.92 Å². The molecule has 2 rings (SSSR count). The molecule has 2 heterocycles. The Hall–Kier alpha value is -1.13. The van der Waals surface area contributed by atoms with Crippen LogP contribution in [0.15, 0.2) is 29.9 Å². The molecule has 0 N–H and O–H groups in total. The van der Waals surface area contributed by atoms with Gasteiger partial charge in [0.2, 0.25) is 0 Å². The van der Waals surface area contributed by atoms with Gasteiger partial charge in [-0.15, -0.1) is 11.3 Å². The summed E-state index contributed by atoms with van der Waals surface area (Å²) in [5.41, 5.74) is 0. The molecule has 0 fully saturated rings. The van der Waals surface area contributed by atoms with Crippen LogP contribution in [-0.2, 0) is 11.3 Å². The molecular weight excluding hydrogens is 244 g/mol. The van der Waals surface area contributed by atoms with Crippen molar-refractivity contribution in [1.82, 2.24) is 9.55 Å². The lowest BCUT2D eigenvalue weighted by Crippen LogP contribution is -2.08. The number of thiophene rings is 1. The average molecular weight is 264 g/mol. The lowest BCUT2D eigenvalue weighted by molar-refractivity contribution is 0.116. The molecule has 2 aromatic rings. The van der Waals surface area contributed by atoms with Gasteiger partial charge in [-0.05, 0) is 23.8 Å². The SMILES string of the molecule is CC(C)CCOCCn1ccnc1-c1cccs1. The molecule has 0 unspecified atom stereocenters. The first-order chi connectivity index (χ1) is 8.77. The van der Waals surface area contributed by atoms with Crippen molar-refractivity contribution >= 4 is 11.3 Å². The van der Waals surface area contributed by atoms with Crippen molar-refractivity contribution in [2.45, 2.75) is 26.8 Å². The van der Waals surface area contributed by atoms with Gasteiger partial charge >= 0.3 is 0 Å². The average Bonchev–Trinajstić information content (AvgIpc) is 2.97. The zero-order chi connectivity index (χ0) is 12.8. The standard InChI is InChI=1S/C14H20N2OS/c1-12(2)5-9-17-10-8-16-7-6-15-14(16)13-4-3-11-18-13/h3-4,6-7,11-12H,5,8-10H2,1-2H3. The van der Waals surface area contributed by atoms with E-state index in [4.69, 9.17) is 4.74 Å². The highest BCUT2D eigenvalue weighted by Crippen LogP contribution is 2.22. The maximum absolute atomic E-state index is 5.64. The van der Waals surface area contributed by atoms with E-state index in [1.54, 1.807) is 11.3 Å². The first kappa shape index (κ1) is 13.3. The van der Waals surface area contributed by atoms with Gasteiger partial charge in [0.1, 0.15) is 5.82 Å². The lowest BCUT2D eigenvalue weighted by Gasteiger charge is -2.08. The molecule has 4 heteroatoms. The molecule has 18 heavy (non-hydrogen) atoms. The Balaban J connectivity index is 1.82. The van der Waals surface area contributed by atoms with Gasteiger partial charge in [-0.3, -0.25) is 0 Å². The highest BCUT2D eigenvalue weighted by molar-refractivity contribution is 7.13. The van der Waals surface area contributed by atoms with E-state index in [0.29, 0.717) is 5.92 Å². The zero-order valence-corrected chi connectivity index (χ0v) is 11.8. The summed E-state index contributed by atoms with van der Waals surface area (Å²) in [5, 5.41) is 2.08. The summed E-state index contributed by atoms with van der Waals surface area (Å²) in [6, 6.07) is 4.15. The van der Waals surface area contributed by atoms with Crippen LogP contribution in [0.2, 0.25) is 0 Å². The maximum atomic E-state index is 5.64. The molecule has 0 aliphatic heterocycles. The molecule has 3 nitrogen and oxygen atoms in total. The predicted octanol–water partition coefficient (Wildman–Crippen LogP) is 3.67. The number of hydrogen-bond acceptors (Lipinski definition) is 3. The van der Waals surface area contributed by atoms with Crippen molar-refractivity contribution in [1.29, 1.82) is 0 Å². The molecule has 0 amide bonds. The highest BCUT2D eigenvalue weighted by Gasteiger charge is 2.06. The van der Waals surface area contributed by atoms with E-state index in [1.807, 2.05) is 12.4 Å². The first-order valence-electron chi connectivity index (χ1n) is 6.40. The summed E-state index contributed by atoms with van der Waals surface area (Å²) >= 11 is 1.72. The van der Waals surface area contributed by atoms with Gasteiger partial charge in [0.15, 0.2) is 0 Å². The fraction of sp³-hybridized carbons (Fsp3) is 0.500. The van der Waals surface area contributed by atoms with Gasteiger partial charge in [0.25, 0.3) is 0 Å². The lowest BCUT2D eigenvalue weighted by atomic mass is 10.1. The fourth-order valence-electron chi connectivity index (χ4n) is 1.70. The van der Waals surface area contributed by atoms with E-state index >= 15 is 0 Å². The summed E-state index contributed by atoms with van der Waals surface area (Å²) in [4.78, 5) is 5.61. The highest BCUT2D eigenvalue weighted by atomic mass is 32.1. The third kappa shape index (κ3) is 3.68. The Morgan fingerprint density at radius 1 is 1.39 bits per heavy atom. The molecule has 0 aliphatic rings. The number of aromatic nitrogens is 2. The molecule has 2 aromatic heterocycles. The fourth-order valence-corrected chi connectivity index (χ4v) is 2.44. The van der Waals surface area contributed by atoms with Crippen LogP contribution < -0.4 is 0 Å². The van der Waals surface area contributed by atoms with Gasteiger partial charge in [-0.2, -0.15) is 0 Å². The van der Waals surface area contributed by atoms with Crippen LogP contribution >= 0.6 is 11.3 Å². The largest absolute Gasteiger partial charge is 0.380 e. The number of rotatable bonds is 7. The molecule has 0 bridgehead atoms. The van der Waals surface area contributed by atoms with Crippen LogP contribution in [0.3, 0.4) is 0 Å². The van der Waals surface area contributed by atoms with Crippen LogP contribution in [0.25, 0.3) is 10.7 Å². The second kappa shape index (κ2) is 6.71. The molecular formula is C14H20N2OS. The van der Waals surface area contributed by atoms with Crippen molar-refractivity contribution in [3.63, 3.8) is 0 Å². The number of imidazole rings is 1. The van der Waals surface area contributed by atoms with Crippen LogP contribution in [0, 0.1) is 5.92 Å². The van der Waals surface area contributed by atoms with Gasteiger partial charge < -0.3 is 9.30 Å². The van der Waals surface area contributed by atoms with Gasteiger partial charge in [-0.25, -0.2) is 4.98 Å². The Morgan fingerprint density at radius 2 is 2.28 bits per heavy atom.